The highest BCUT2D eigenvalue weighted by atomic mass is 32.2. The van der Waals surface area contributed by atoms with Crippen molar-refractivity contribution >= 4 is 17.7 Å². The van der Waals surface area contributed by atoms with Gasteiger partial charge in [0.2, 0.25) is 0 Å². The van der Waals surface area contributed by atoms with Crippen molar-refractivity contribution in [2.24, 2.45) is 22.1 Å². The third-order valence-corrected chi connectivity index (χ3v) is 6.24. The third kappa shape index (κ3) is 3.21. The van der Waals surface area contributed by atoms with Gasteiger partial charge in [0.1, 0.15) is 0 Å². The van der Waals surface area contributed by atoms with E-state index in [1.807, 2.05) is 0 Å². The molecule has 1 spiro atoms. The van der Waals surface area contributed by atoms with E-state index in [9.17, 15) is 0 Å². The van der Waals surface area contributed by atoms with E-state index in [4.69, 9.17) is 10.7 Å². The highest BCUT2D eigenvalue weighted by Crippen LogP contribution is 2.60. The van der Waals surface area contributed by atoms with Gasteiger partial charge in [0.05, 0.1) is 0 Å². The van der Waals surface area contributed by atoms with Gasteiger partial charge in [-0.1, -0.05) is 12.8 Å². The molecule has 2 heterocycles. The fourth-order valence-corrected chi connectivity index (χ4v) is 4.99. The molecule has 1 unspecified atom stereocenters. The van der Waals surface area contributed by atoms with Crippen LogP contribution < -0.4 is 5.73 Å². The van der Waals surface area contributed by atoms with Crippen LogP contribution in [-0.2, 0) is 0 Å². The molecule has 0 aromatic rings. The zero-order chi connectivity index (χ0) is 13.1. The van der Waals surface area contributed by atoms with Crippen molar-refractivity contribution in [2.75, 3.05) is 31.1 Å². The Bertz CT molecular complexity index is 328. The average molecular weight is 281 g/mol. The molecule has 0 aromatic heterocycles. The van der Waals surface area contributed by atoms with E-state index in [-0.39, 0.29) is 0 Å². The Kier molecular flexibility index (Phi) is 4.25. The number of nitrogens with zero attached hydrogens (tertiary/aromatic N) is 2. The minimum Gasteiger partial charge on any atom is -0.370 e. The lowest BCUT2D eigenvalue weighted by Crippen LogP contribution is -2.38. The van der Waals surface area contributed by atoms with Crippen LogP contribution >= 0.6 is 11.8 Å². The Morgan fingerprint density at radius 2 is 1.84 bits per heavy atom. The summed E-state index contributed by atoms with van der Waals surface area (Å²) in [5, 5.41) is 0. The SMILES string of the molecule is NC(=NCC1CC12CCSCC2)N1CCCCCC1. The van der Waals surface area contributed by atoms with E-state index in [2.05, 4.69) is 16.7 Å². The highest BCUT2D eigenvalue weighted by Gasteiger charge is 2.53. The first-order valence-corrected chi connectivity index (χ1v) is 9.08. The first-order valence-electron chi connectivity index (χ1n) is 7.93. The zero-order valence-corrected chi connectivity index (χ0v) is 12.8. The number of aliphatic imine (C=N–C) groups is 1. The molecule has 1 atom stereocenters. The van der Waals surface area contributed by atoms with Gasteiger partial charge in [-0.3, -0.25) is 4.99 Å². The second kappa shape index (κ2) is 5.94. The lowest BCUT2D eigenvalue weighted by atomic mass is 9.96. The molecule has 108 valence electrons. The van der Waals surface area contributed by atoms with E-state index >= 15 is 0 Å². The molecule has 3 aliphatic rings. The van der Waals surface area contributed by atoms with Crippen molar-refractivity contribution in [3.8, 4) is 0 Å². The van der Waals surface area contributed by atoms with Crippen LogP contribution in [-0.4, -0.2) is 42.0 Å². The topological polar surface area (TPSA) is 41.6 Å². The van der Waals surface area contributed by atoms with Crippen molar-refractivity contribution in [2.45, 2.75) is 44.9 Å². The number of hydrogen-bond acceptors (Lipinski definition) is 2. The maximum Gasteiger partial charge on any atom is 0.191 e. The number of likely N-dealkylation sites (tertiary alicyclic amines) is 1. The molecule has 0 aromatic carbocycles. The summed E-state index contributed by atoms with van der Waals surface area (Å²) in [6.07, 6.45) is 9.51. The third-order valence-electron chi connectivity index (χ3n) is 5.25. The van der Waals surface area contributed by atoms with E-state index in [0.717, 1.165) is 31.5 Å². The number of rotatable bonds is 2. The number of hydrogen-bond donors (Lipinski definition) is 1. The number of thioether (sulfide) groups is 1. The Morgan fingerprint density at radius 1 is 1.16 bits per heavy atom. The van der Waals surface area contributed by atoms with Gasteiger partial charge in [-0.05, 0) is 54.9 Å². The maximum atomic E-state index is 6.18. The lowest BCUT2D eigenvalue weighted by Gasteiger charge is -2.23. The fourth-order valence-electron chi connectivity index (χ4n) is 3.68. The molecule has 1 saturated carbocycles. The smallest absolute Gasteiger partial charge is 0.191 e. The van der Waals surface area contributed by atoms with Crippen molar-refractivity contribution in [1.29, 1.82) is 0 Å². The molecular weight excluding hydrogens is 254 g/mol. The maximum absolute atomic E-state index is 6.18. The Hall–Kier alpha value is -0.380. The monoisotopic (exact) mass is 281 g/mol. The molecule has 4 heteroatoms. The summed E-state index contributed by atoms with van der Waals surface area (Å²) in [7, 11) is 0. The molecule has 3 rings (SSSR count). The largest absolute Gasteiger partial charge is 0.370 e. The summed E-state index contributed by atoms with van der Waals surface area (Å²) >= 11 is 2.12. The van der Waals surface area contributed by atoms with Gasteiger partial charge in [0.15, 0.2) is 5.96 Å². The van der Waals surface area contributed by atoms with Gasteiger partial charge in [-0.2, -0.15) is 11.8 Å². The summed E-state index contributed by atoms with van der Waals surface area (Å²) in [6, 6.07) is 0. The van der Waals surface area contributed by atoms with Gasteiger partial charge in [-0.25, -0.2) is 0 Å². The van der Waals surface area contributed by atoms with Gasteiger partial charge in [0, 0.05) is 19.6 Å². The van der Waals surface area contributed by atoms with Gasteiger partial charge < -0.3 is 10.6 Å². The molecule has 0 bridgehead atoms. The van der Waals surface area contributed by atoms with Crippen LogP contribution in [0.25, 0.3) is 0 Å². The molecule has 2 saturated heterocycles. The van der Waals surface area contributed by atoms with Gasteiger partial charge in [-0.15, -0.1) is 0 Å². The lowest BCUT2D eigenvalue weighted by molar-refractivity contribution is 0.413. The predicted molar refractivity (Wildman–Crippen MR) is 83.6 cm³/mol. The van der Waals surface area contributed by atoms with E-state index in [0.29, 0.717) is 5.41 Å². The molecule has 2 N–H and O–H groups in total. The van der Waals surface area contributed by atoms with Crippen LogP contribution in [0.5, 0.6) is 0 Å². The van der Waals surface area contributed by atoms with Crippen LogP contribution in [0.1, 0.15) is 44.9 Å². The normalized spacial score (nSPS) is 31.3. The second-order valence-corrected chi connectivity index (χ2v) is 7.70. The first kappa shape index (κ1) is 13.6. The summed E-state index contributed by atoms with van der Waals surface area (Å²) < 4.78 is 0. The Morgan fingerprint density at radius 3 is 2.53 bits per heavy atom. The summed E-state index contributed by atoms with van der Waals surface area (Å²) in [4.78, 5) is 7.02. The molecule has 3 fully saturated rings. The molecule has 2 aliphatic heterocycles. The van der Waals surface area contributed by atoms with Crippen LogP contribution in [0.15, 0.2) is 4.99 Å². The van der Waals surface area contributed by atoms with Crippen LogP contribution in [0.2, 0.25) is 0 Å². The highest BCUT2D eigenvalue weighted by molar-refractivity contribution is 7.99. The van der Waals surface area contributed by atoms with E-state index < -0.39 is 0 Å². The standard InChI is InChI=1S/C15H27N3S/c16-14(18-7-3-1-2-4-8-18)17-12-13-11-15(13)5-9-19-10-6-15/h13H,1-12H2,(H2,16,17). The first-order chi connectivity index (χ1) is 9.30. The quantitative estimate of drug-likeness (QED) is 0.625. The summed E-state index contributed by atoms with van der Waals surface area (Å²) in [6.45, 7) is 3.20. The Labute approximate surface area is 121 Å². The molecular formula is C15H27N3S. The number of guanidine groups is 1. The molecule has 1 aliphatic carbocycles. The molecule has 3 nitrogen and oxygen atoms in total. The Balaban J connectivity index is 1.49. The van der Waals surface area contributed by atoms with Crippen LogP contribution in [0, 0.1) is 11.3 Å². The average Bonchev–Trinajstić information content (AvgIpc) is 3.16. The van der Waals surface area contributed by atoms with Gasteiger partial charge in [0.25, 0.3) is 0 Å². The van der Waals surface area contributed by atoms with E-state index in [1.165, 1.54) is 56.5 Å². The van der Waals surface area contributed by atoms with Crippen LogP contribution in [0.4, 0.5) is 0 Å². The van der Waals surface area contributed by atoms with E-state index in [1.54, 1.807) is 0 Å². The predicted octanol–water partition coefficient (Wildman–Crippen LogP) is 2.71. The second-order valence-electron chi connectivity index (χ2n) is 6.48. The van der Waals surface area contributed by atoms with Crippen molar-refractivity contribution in [3.63, 3.8) is 0 Å². The minimum absolute atomic E-state index is 0.674. The van der Waals surface area contributed by atoms with Gasteiger partial charge >= 0.3 is 0 Å². The summed E-state index contributed by atoms with van der Waals surface area (Å²) in [5.74, 6) is 4.37. The molecule has 19 heavy (non-hydrogen) atoms. The summed E-state index contributed by atoms with van der Waals surface area (Å²) in [5.41, 5.74) is 6.86. The zero-order valence-electron chi connectivity index (χ0n) is 11.9. The molecule has 0 amide bonds. The minimum atomic E-state index is 0.674. The molecule has 0 radical (unpaired) electrons. The van der Waals surface area contributed by atoms with Crippen molar-refractivity contribution in [3.05, 3.63) is 0 Å². The van der Waals surface area contributed by atoms with Crippen molar-refractivity contribution < 1.29 is 0 Å². The fraction of sp³-hybridized carbons (Fsp3) is 0.933. The van der Waals surface area contributed by atoms with Crippen molar-refractivity contribution in [1.82, 2.24) is 4.90 Å². The number of nitrogens with two attached hydrogens (primary N) is 1. The van der Waals surface area contributed by atoms with Crippen LogP contribution in [0.3, 0.4) is 0 Å².